The van der Waals surface area contributed by atoms with Gasteiger partial charge in [0.05, 0.1) is 0 Å². The highest BCUT2D eigenvalue weighted by Gasteiger charge is 2.22. The normalized spacial score (nSPS) is 12.1. The standard InChI is InChI=1S/C24H22N2O7/c1-12-13(2)24(31)33-21-9-16(4-5-17(12)21)32-11-22(28)26-20(23(29)30)7-14-10-25-19-6-3-15(27)8-18(14)19/h3-6,8-10,20,25,27H,7,11H2,1-2H3,(H,26,28)(H,29,30). The highest BCUT2D eigenvalue weighted by Crippen LogP contribution is 2.25. The summed E-state index contributed by atoms with van der Waals surface area (Å²) in [6, 6.07) is 8.45. The minimum Gasteiger partial charge on any atom is -0.508 e. The topological polar surface area (TPSA) is 142 Å². The second-order valence-corrected chi connectivity index (χ2v) is 7.79. The van der Waals surface area contributed by atoms with E-state index in [-0.39, 0.29) is 12.2 Å². The molecule has 4 aromatic rings. The van der Waals surface area contributed by atoms with Crippen LogP contribution in [0.4, 0.5) is 0 Å². The van der Waals surface area contributed by atoms with E-state index >= 15 is 0 Å². The predicted octanol–water partition coefficient (Wildman–Crippen LogP) is 2.79. The quantitative estimate of drug-likeness (QED) is 0.317. The first-order valence-corrected chi connectivity index (χ1v) is 10.2. The van der Waals surface area contributed by atoms with Gasteiger partial charge in [-0.25, -0.2) is 9.59 Å². The lowest BCUT2D eigenvalue weighted by atomic mass is 10.0. The van der Waals surface area contributed by atoms with E-state index in [2.05, 4.69) is 10.3 Å². The number of aromatic hydroxyl groups is 1. The summed E-state index contributed by atoms with van der Waals surface area (Å²) in [6.07, 6.45) is 1.67. The van der Waals surface area contributed by atoms with Gasteiger partial charge in [-0.1, -0.05) is 0 Å². The van der Waals surface area contributed by atoms with Crippen LogP contribution in [0.2, 0.25) is 0 Å². The van der Waals surface area contributed by atoms with E-state index in [0.29, 0.717) is 27.8 Å². The molecule has 0 aliphatic carbocycles. The number of aromatic amines is 1. The number of phenols is 1. The monoisotopic (exact) mass is 450 g/mol. The zero-order valence-corrected chi connectivity index (χ0v) is 18.0. The molecule has 0 aliphatic rings. The molecule has 2 aromatic carbocycles. The molecule has 0 radical (unpaired) electrons. The van der Waals surface area contributed by atoms with Crippen molar-refractivity contribution in [2.45, 2.75) is 26.3 Å². The molecule has 2 aromatic heterocycles. The van der Waals surface area contributed by atoms with Gasteiger partial charge in [0.15, 0.2) is 6.61 Å². The molecule has 0 saturated heterocycles. The second kappa shape index (κ2) is 8.70. The third-order valence-electron chi connectivity index (χ3n) is 5.61. The Bertz CT molecular complexity index is 1430. The van der Waals surface area contributed by atoms with Gasteiger partial charge in [-0.05, 0) is 55.3 Å². The van der Waals surface area contributed by atoms with Crippen LogP contribution in [0.15, 0.2) is 51.8 Å². The largest absolute Gasteiger partial charge is 0.508 e. The number of aliphatic carboxylic acids is 1. The van der Waals surface area contributed by atoms with Gasteiger partial charge in [0, 0.05) is 40.5 Å². The van der Waals surface area contributed by atoms with Gasteiger partial charge in [-0.3, -0.25) is 4.79 Å². The number of nitrogens with one attached hydrogen (secondary N) is 2. The fourth-order valence-electron chi connectivity index (χ4n) is 3.66. The van der Waals surface area contributed by atoms with Crippen LogP contribution >= 0.6 is 0 Å². The van der Waals surface area contributed by atoms with E-state index in [0.717, 1.165) is 16.5 Å². The molecular formula is C24H22N2O7. The number of benzene rings is 2. The summed E-state index contributed by atoms with van der Waals surface area (Å²) in [6.45, 7) is 3.09. The SMILES string of the molecule is Cc1c(C)c2ccc(OCC(=O)NC(Cc3c[nH]c4ccc(O)cc34)C(=O)O)cc2oc1=O. The summed E-state index contributed by atoms with van der Waals surface area (Å²) in [5, 5.41) is 23.2. The number of fused-ring (bicyclic) bond motifs is 2. The van der Waals surface area contributed by atoms with Crippen molar-refractivity contribution in [3.05, 3.63) is 69.7 Å². The zero-order chi connectivity index (χ0) is 23.7. The van der Waals surface area contributed by atoms with Gasteiger partial charge in [0.25, 0.3) is 5.91 Å². The molecule has 4 N–H and O–H groups in total. The van der Waals surface area contributed by atoms with Crippen LogP contribution in [0.5, 0.6) is 11.5 Å². The lowest BCUT2D eigenvalue weighted by Gasteiger charge is -2.15. The molecular weight excluding hydrogens is 428 g/mol. The summed E-state index contributed by atoms with van der Waals surface area (Å²) in [5.74, 6) is -1.45. The molecule has 1 atom stereocenters. The molecule has 9 nitrogen and oxygen atoms in total. The Hall–Kier alpha value is -4.27. The Labute approximate surface area is 187 Å². The summed E-state index contributed by atoms with van der Waals surface area (Å²) < 4.78 is 10.8. The maximum Gasteiger partial charge on any atom is 0.339 e. The van der Waals surface area contributed by atoms with Gasteiger partial charge >= 0.3 is 11.6 Å². The van der Waals surface area contributed by atoms with Crippen LogP contribution < -0.4 is 15.7 Å². The summed E-state index contributed by atoms with van der Waals surface area (Å²) >= 11 is 0. The first-order chi connectivity index (χ1) is 15.7. The molecule has 0 aliphatic heterocycles. The average Bonchev–Trinajstić information content (AvgIpc) is 3.17. The smallest absolute Gasteiger partial charge is 0.339 e. The van der Waals surface area contributed by atoms with Crippen molar-refractivity contribution >= 4 is 33.7 Å². The van der Waals surface area contributed by atoms with Crippen molar-refractivity contribution in [2.24, 2.45) is 0 Å². The van der Waals surface area contributed by atoms with E-state index in [1.165, 1.54) is 18.2 Å². The number of carbonyl (C=O) groups excluding carboxylic acids is 1. The number of phenolic OH excluding ortho intramolecular Hbond substituents is 1. The van der Waals surface area contributed by atoms with Crippen LogP contribution in [0.1, 0.15) is 16.7 Å². The van der Waals surface area contributed by atoms with Gasteiger partial charge in [0.2, 0.25) is 0 Å². The van der Waals surface area contributed by atoms with E-state index in [9.17, 15) is 24.6 Å². The first kappa shape index (κ1) is 21.9. The fourth-order valence-corrected chi connectivity index (χ4v) is 3.66. The number of carboxylic acid groups (broad SMARTS) is 1. The van der Waals surface area contributed by atoms with Gasteiger partial charge < -0.3 is 29.7 Å². The predicted molar refractivity (Wildman–Crippen MR) is 121 cm³/mol. The van der Waals surface area contributed by atoms with E-state index in [1.54, 1.807) is 31.3 Å². The van der Waals surface area contributed by atoms with Gasteiger partial charge in [-0.15, -0.1) is 0 Å². The number of rotatable bonds is 7. The molecule has 170 valence electrons. The third kappa shape index (κ3) is 4.52. The maximum absolute atomic E-state index is 12.4. The van der Waals surface area contributed by atoms with E-state index in [1.807, 2.05) is 6.92 Å². The Balaban J connectivity index is 1.44. The van der Waals surface area contributed by atoms with Crippen LogP contribution in [-0.2, 0) is 16.0 Å². The number of H-pyrrole nitrogens is 1. The third-order valence-corrected chi connectivity index (χ3v) is 5.61. The lowest BCUT2D eigenvalue weighted by Crippen LogP contribution is -2.44. The molecule has 2 heterocycles. The van der Waals surface area contributed by atoms with Gasteiger partial charge in [0.1, 0.15) is 23.1 Å². The van der Waals surface area contributed by atoms with E-state index < -0.39 is 30.2 Å². The van der Waals surface area contributed by atoms with Gasteiger partial charge in [-0.2, -0.15) is 0 Å². The number of aryl methyl sites for hydroxylation is 1. The number of aromatic nitrogens is 1. The van der Waals surface area contributed by atoms with Crippen molar-refractivity contribution < 1.29 is 29.0 Å². The van der Waals surface area contributed by atoms with Crippen molar-refractivity contribution in [2.75, 3.05) is 6.61 Å². The number of hydrogen-bond donors (Lipinski definition) is 4. The Morgan fingerprint density at radius 2 is 1.91 bits per heavy atom. The molecule has 0 bridgehead atoms. The molecule has 0 fully saturated rings. The average molecular weight is 450 g/mol. The minimum absolute atomic E-state index is 0.0181. The summed E-state index contributed by atoms with van der Waals surface area (Å²) in [4.78, 5) is 39.0. The van der Waals surface area contributed by atoms with E-state index in [4.69, 9.17) is 9.15 Å². The molecule has 33 heavy (non-hydrogen) atoms. The lowest BCUT2D eigenvalue weighted by molar-refractivity contribution is -0.142. The second-order valence-electron chi connectivity index (χ2n) is 7.79. The number of amides is 1. The summed E-state index contributed by atoms with van der Waals surface area (Å²) in [7, 11) is 0. The number of carbonyl (C=O) groups is 2. The molecule has 1 unspecified atom stereocenters. The molecule has 0 saturated carbocycles. The van der Waals surface area contributed by atoms with Crippen LogP contribution in [0.25, 0.3) is 21.9 Å². The van der Waals surface area contributed by atoms with Crippen molar-refractivity contribution in [3.8, 4) is 11.5 Å². The van der Waals surface area contributed by atoms with Crippen LogP contribution in [0.3, 0.4) is 0 Å². The van der Waals surface area contributed by atoms with Crippen molar-refractivity contribution in [1.29, 1.82) is 0 Å². The Morgan fingerprint density at radius 1 is 1.12 bits per heavy atom. The number of hydrogen-bond acceptors (Lipinski definition) is 6. The van der Waals surface area contributed by atoms with Crippen molar-refractivity contribution in [3.63, 3.8) is 0 Å². The molecule has 4 rings (SSSR count). The number of ether oxygens (including phenoxy) is 1. The zero-order valence-electron chi connectivity index (χ0n) is 18.0. The first-order valence-electron chi connectivity index (χ1n) is 10.2. The number of carboxylic acids is 1. The van der Waals surface area contributed by atoms with Crippen LogP contribution in [-0.4, -0.2) is 39.7 Å². The van der Waals surface area contributed by atoms with Crippen molar-refractivity contribution in [1.82, 2.24) is 10.3 Å². The Morgan fingerprint density at radius 3 is 2.67 bits per heavy atom. The molecule has 1 amide bonds. The Kier molecular flexibility index (Phi) is 5.78. The van der Waals surface area contributed by atoms with Crippen LogP contribution in [0, 0.1) is 13.8 Å². The molecule has 9 heteroatoms. The molecule has 0 spiro atoms. The fraction of sp³-hybridized carbons (Fsp3) is 0.208. The highest BCUT2D eigenvalue weighted by atomic mass is 16.5. The summed E-state index contributed by atoms with van der Waals surface area (Å²) in [5.41, 5.74) is 2.62. The maximum atomic E-state index is 12.4. The highest BCUT2D eigenvalue weighted by molar-refractivity contribution is 5.88. The minimum atomic E-state index is -1.20.